The SMILES string of the molecule is CCCCCCNc1cc(C(=O)OC)ccc1[N+](=O)[O-]. The average Bonchev–Trinajstić information content (AvgIpc) is 2.45. The second kappa shape index (κ2) is 8.14. The molecule has 0 spiro atoms. The molecule has 0 aliphatic rings. The van der Waals surface area contributed by atoms with Crippen molar-refractivity contribution >= 4 is 17.3 Å². The third-order valence-corrected chi connectivity index (χ3v) is 2.96. The van der Waals surface area contributed by atoms with Crippen molar-refractivity contribution in [1.82, 2.24) is 0 Å². The fourth-order valence-corrected chi connectivity index (χ4v) is 1.86. The topological polar surface area (TPSA) is 81.5 Å². The van der Waals surface area contributed by atoms with Crippen LogP contribution >= 0.6 is 0 Å². The fraction of sp³-hybridized carbons (Fsp3) is 0.500. The third kappa shape index (κ3) is 4.53. The van der Waals surface area contributed by atoms with Gasteiger partial charge in [0, 0.05) is 12.6 Å². The summed E-state index contributed by atoms with van der Waals surface area (Å²) in [5.41, 5.74) is 0.622. The molecule has 0 unspecified atom stereocenters. The lowest BCUT2D eigenvalue weighted by Gasteiger charge is -2.08. The number of ether oxygens (including phenoxy) is 1. The molecule has 6 nitrogen and oxygen atoms in total. The number of nitro groups is 1. The highest BCUT2D eigenvalue weighted by atomic mass is 16.6. The van der Waals surface area contributed by atoms with Gasteiger partial charge in [-0.05, 0) is 18.6 Å². The summed E-state index contributed by atoms with van der Waals surface area (Å²) in [7, 11) is 1.28. The van der Waals surface area contributed by atoms with Gasteiger partial charge in [-0.15, -0.1) is 0 Å². The number of rotatable bonds is 8. The van der Waals surface area contributed by atoms with Crippen LogP contribution < -0.4 is 5.32 Å². The summed E-state index contributed by atoms with van der Waals surface area (Å²) in [5.74, 6) is -0.506. The smallest absolute Gasteiger partial charge is 0.337 e. The molecule has 0 saturated heterocycles. The maximum atomic E-state index is 11.4. The number of carbonyl (C=O) groups is 1. The minimum Gasteiger partial charge on any atom is -0.465 e. The van der Waals surface area contributed by atoms with E-state index in [1.807, 2.05) is 0 Å². The molecule has 0 heterocycles. The largest absolute Gasteiger partial charge is 0.465 e. The molecule has 0 fully saturated rings. The Morgan fingerprint density at radius 1 is 1.35 bits per heavy atom. The Bertz CT molecular complexity index is 474. The number of nitro benzene ring substituents is 1. The van der Waals surface area contributed by atoms with Gasteiger partial charge in [-0.25, -0.2) is 4.79 Å². The van der Waals surface area contributed by atoms with Crippen LogP contribution in [0.1, 0.15) is 43.0 Å². The first-order valence-electron chi connectivity index (χ1n) is 6.70. The van der Waals surface area contributed by atoms with Crippen molar-refractivity contribution in [2.24, 2.45) is 0 Å². The van der Waals surface area contributed by atoms with Crippen molar-refractivity contribution in [3.8, 4) is 0 Å². The van der Waals surface area contributed by atoms with Gasteiger partial charge in [-0.1, -0.05) is 26.2 Å². The van der Waals surface area contributed by atoms with Crippen LogP contribution in [0.25, 0.3) is 0 Å². The lowest BCUT2D eigenvalue weighted by Crippen LogP contribution is -2.07. The Morgan fingerprint density at radius 2 is 2.10 bits per heavy atom. The molecule has 1 aromatic carbocycles. The molecular weight excluding hydrogens is 260 g/mol. The Balaban J connectivity index is 2.78. The first-order valence-corrected chi connectivity index (χ1v) is 6.70. The average molecular weight is 280 g/mol. The highest BCUT2D eigenvalue weighted by Crippen LogP contribution is 2.25. The second-order valence-electron chi connectivity index (χ2n) is 4.47. The number of anilines is 1. The zero-order chi connectivity index (χ0) is 15.0. The highest BCUT2D eigenvalue weighted by Gasteiger charge is 2.16. The number of unbranched alkanes of at least 4 members (excludes halogenated alkanes) is 3. The number of carbonyl (C=O) groups excluding carboxylic acids is 1. The molecule has 6 heteroatoms. The number of nitrogens with zero attached hydrogens (tertiary/aromatic N) is 1. The Labute approximate surface area is 118 Å². The van der Waals surface area contributed by atoms with Gasteiger partial charge in [0.1, 0.15) is 5.69 Å². The summed E-state index contributed by atoms with van der Waals surface area (Å²) in [6.07, 6.45) is 4.30. The van der Waals surface area contributed by atoms with Gasteiger partial charge < -0.3 is 10.1 Å². The van der Waals surface area contributed by atoms with Crippen molar-refractivity contribution in [3.63, 3.8) is 0 Å². The summed E-state index contributed by atoms with van der Waals surface area (Å²) in [6.45, 7) is 2.77. The number of esters is 1. The van der Waals surface area contributed by atoms with E-state index in [0.29, 0.717) is 17.8 Å². The standard InChI is InChI=1S/C14H20N2O4/c1-3-4-5-6-9-15-12-10-11(14(17)20-2)7-8-13(12)16(18)19/h7-8,10,15H,3-6,9H2,1-2H3. The quantitative estimate of drug-likeness (QED) is 0.341. The molecule has 0 bridgehead atoms. The van der Waals surface area contributed by atoms with E-state index >= 15 is 0 Å². The second-order valence-corrected chi connectivity index (χ2v) is 4.47. The third-order valence-electron chi connectivity index (χ3n) is 2.96. The predicted octanol–water partition coefficient (Wildman–Crippen LogP) is 3.37. The number of nitrogens with one attached hydrogen (secondary N) is 1. The highest BCUT2D eigenvalue weighted by molar-refractivity contribution is 5.91. The normalized spacial score (nSPS) is 10.1. The number of hydrogen-bond acceptors (Lipinski definition) is 5. The van der Waals surface area contributed by atoms with E-state index in [0.717, 1.165) is 25.7 Å². The van der Waals surface area contributed by atoms with Gasteiger partial charge in [0.15, 0.2) is 0 Å². The molecule has 0 aliphatic carbocycles. The Morgan fingerprint density at radius 3 is 2.70 bits per heavy atom. The summed E-state index contributed by atoms with van der Waals surface area (Å²) >= 11 is 0. The Kier molecular flexibility index (Phi) is 6.49. The van der Waals surface area contributed by atoms with Crippen LogP contribution in [0.15, 0.2) is 18.2 Å². The first kappa shape index (κ1) is 15.9. The lowest BCUT2D eigenvalue weighted by molar-refractivity contribution is -0.384. The zero-order valence-electron chi connectivity index (χ0n) is 11.8. The van der Waals surface area contributed by atoms with Gasteiger partial charge >= 0.3 is 5.97 Å². The molecule has 1 aromatic rings. The minimum atomic E-state index is -0.506. The van der Waals surface area contributed by atoms with Crippen LogP contribution in [0.3, 0.4) is 0 Å². The molecule has 1 rings (SSSR count). The molecule has 0 aliphatic heterocycles. The summed E-state index contributed by atoms with van der Waals surface area (Å²) in [4.78, 5) is 21.9. The van der Waals surface area contributed by atoms with Crippen molar-refractivity contribution in [2.75, 3.05) is 19.0 Å². The van der Waals surface area contributed by atoms with Gasteiger partial charge in [0.05, 0.1) is 17.6 Å². The summed E-state index contributed by atoms with van der Waals surface area (Å²) in [6, 6.07) is 4.18. The molecule has 110 valence electrons. The molecular formula is C14H20N2O4. The molecule has 0 radical (unpaired) electrons. The van der Waals surface area contributed by atoms with Gasteiger partial charge in [-0.3, -0.25) is 10.1 Å². The number of benzene rings is 1. The molecule has 1 N–H and O–H groups in total. The van der Waals surface area contributed by atoms with E-state index in [9.17, 15) is 14.9 Å². The van der Waals surface area contributed by atoms with E-state index in [4.69, 9.17) is 0 Å². The van der Waals surface area contributed by atoms with Gasteiger partial charge in [0.25, 0.3) is 5.69 Å². The van der Waals surface area contributed by atoms with Crippen molar-refractivity contribution in [1.29, 1.82) is 0 Å². The first-order chi connectivity index (χ1) is 9.60. The Hall–Kier alpha value is -2.11. The molecule has 0 atom stereocenters. The van der Waals surface area contributed by atoms with Gasteiger partial charge in [-0.2, -0.15) is 0 Å². The van der Waals surface area contributed by atoms with Crippen molar-refractivity contribution in [3.05, 3.63) is 33.9 Å². The molecule has 0 saturated carbocycles. The van der Waals surface area contributed by atoms with E-state index in [-0.39, 0.29) is 5.69 Å². The predicted molar refractivity (Wildman–Crippen MR) is 77.1 cm³/mol. The number of methoxy groups -OCH3 is 1. The monoisotopic (exact) mass is 280 g/mol. The maximum Gasteiger partial charge on any atom is 0.337 e. The van der Waals surface area contributed by atoms with Crippen LogP contribution in [0.2, 0.25) is 0 Å². The van der Waals surface area contributed by atoms with Crippen molar-refractivity contribution < 1.29 is 14.5 Å². The fourth-order valence-electron chi connectivity index (χ4n) is 1.86. The minimum absolute atomic E-state index is 0.0341. The lowest BCUT2D eigenvalue weighted by atomic mass is 10.1. The van der Waals surface area contributed by atoms with Crippen molar-refractivity contribution in [2.45, 2.75) is 32.6 Å². The molecule has 20 heavy (non-hydrogen) atoms. The van der Waals surface area contributed by atoms with E-state index in [2.05, 4.69) is 17.0 Å². The molecule has 0 aromatic heterocycles. The van der Waals surface area contributed by atoms with Crippen LogP contribution in [-0.2, 0) is 4.74 Å². The van der Waals surface area contributed by atoms with Gasteiger partial charge in [0.2, 0.25) is 0 Å². The zero-order valence-corrected chi connectivity index (χ0v) is 11.8. The number of hydrogen-bond donors (Lipinski definition) is 1. The summed E-state index contributed by atoms with van der Waals surface area (Å²) in [5, 5.41) is 14.0. The van der Waals surface area contributed by atoms with Crippen LogP contribution in [0, 0.1) is 10.1 Å². The maximum absolute atomic E-state index is 11.4. The molecule has 0 amide bonds. The summed E-state index contributed by atoms with van der Waals surface area (Å²) < 4.78 is 4.61. The van der Waals surface area contributed by atoms with E-state index in [1.54, 1.807) is 0 Å². The van der Waals surface area contributed by atoms with Crippen LogP contribution in [0.5, 0.6) is 0 Å². The van der Waals surface area contributed by atoms with Crippen LogP contribution in [0.4, 0.5) is 11.4 Å². The van der Waals surface area contributed by atoms with E-state index in [1.165, 1.54) is 25.3 Å². The van der Waals surface area contributed by atoms with E-state index < -0.39 is 10.9 Å². The van der Waals surface area contributed by atoms with Crippen LogP contribution in [-0.4, -0.2) is 24.5 Å².